The number of fused-ring (bicyclic) bond motifs is 1. The Morgan fingerprint density at radius 3 is 2.52 bits per heavy atom. The molecule has 1 aromatic heterocycles. The third kappa shape index (κ3) is 4.52. The molecule has 29 heavy (non-hydrogen) atoms. The minimum Gasteiger partial charge on any atom is -0.423 e. The molecule has 2 N–H and O–H groups in total. The maximum Gasteiger partial charge on any atom is 0.336 e. The molecule has 0 aliphatic heterocycles. The van der Waals surface area contributed by atoms with Crippen LogP contribution in [0.1, 0.15) is 16.7 Å². The van der Waals surface area contributed by atoms with E-state index in [2.05, 4.69) is 28.8 Å². The second-order valence-electron chi connectivity index (χ2n) is 6.86. The molecule has 0 spiro atoms. The van der Waals surface area contributed by atoms with Crippen LogP contribution in [0.5, 0.6) is 0 Å². The normalized spacial score (nSPS) is 10.7. The van der Waals surface area contributed by atoms with Crippen molar-refractivity contribution in [3.05, 3.63) is 106 Å². The second kappa shape index (κ2) is 8.29. The van der Waals surface area contributed by atoms with Gasteiger partial charge in [-0.25, -0.2) is 4.79 Å². The van der Waals surface area contributed by atoms with Crippen molar-refractivity contribution in [2.75, 3.05) is 10.6 Å². The summed E-state index contributed by atoms with van der Waals surface area (Å²) < 4.78 is 5.31. The average molecular weight is 401 g/mol. The van der Waals surface area contributed by atoms with Gasteiger partial charge in [0.05, 0.1) is 0 Å². The van der Waals surface area contributed by atoms with Gasteiger partial charge in [-0.2, -0.15) is 0 Å². The number of hydrogen-bond donors (Lipinski definition) is 2. The van der Waals surface area contributed by atoms with Gasteiger partial charge in [-0.15, -0.1) is 0 Å². The number of hydrogen-bond acceptors (Lipinski definition) is 3. The van der Waals surface area contributed by atoms with Crippen molar-refractivity contribution in [1.29, 1.82) is 0 Å². The van der Waals surface area contributed by atoms with Gasteiger partial charge in [-0.3, -0.25) is 0 Å². The molecule has 4 rings (SSSR count). The van der Waals surface area contributed by atoms with Gasteiger partial charge in [0.1, 0.15) is 5.58 Å². The fraction of sp³-hybridized carbons (Fsp3) is 0.0833. The van der Waals surface area contributed by atoms with E-state index in [-0.39, 0.29) is 5.63 Å². The van der Waals surface area contributed by atoms with Crippen LogP contribution in [0.3, 0.4) is 0 Å². The number of aryl methyl sites for hydroxylation is 1. The van der Waals surface area contributed by atoms with Crippen molar-refractivity contribution in [2.24, 2.45) is 0 Å². The van der Waals surface area contributed by atoms with Gasteiger partial charge >= 0.3 is 5.63 Å². The molecule has 4 aromatic rings. The zero-order valence-electron chi connectivity index (χ0n) is 15.9. The molecule has 0 atom stereocenters. The van der Waals surface area contributed by atoms with Gasteiger partial charge in [0, 0.05) is 28.9 Å². The Morgan fingerprint density at radius 2 is 1.69 bits per heavy atom. The van der Waals surface area contributed by atoms with E-state index in [0.717, 1.165) is 34.3 Å². The van der Waals surface area contributed by atoms with Crippen LogP contribution in [0.4, 0.5) is 11.4 Å². The Balaban J connectivity index is 1.52. The van der Waals surface area contributed by atoms with Gasteiger partial charge < -0.3 is 15.1 Å². The van der Waals surface area contributed by atoms with Gasteiger partial charge in [0.2, 0.25) is 0 Å². The maximum absolute atomic E-state index is 11.6. The van der Waals surface area contributed by atoms with Gasteiger partial charge in [0.15, 0.2) is 5.11 Å². The molecule has 0 saturated heterocycles. The minimum atomic E-state index is -0.359. The number of thiocarbonyl (C=S) groups is 1. The molecule has 0 radical (unpaired) electrons. The highest BCUT2D eigenvalue weighted by molar-refractivity contribution is 7.80. The molecule has 0 saturated carbocycles. The predicted molar refractivity (Wildman–Crippen MR) is 123 cm³/mol. The highest BCUT2D eigenvalue weighted by atomic mass is 32.1. The molecular formula is C24H20N2O2S. The van der Waals surface area contributed by atoms with Crippen LogP contribution in [-0.2, 0) is 6.42 Å². The predicted octanol–water partition coefficient (Wildman–Crippen LogP) is 5.50. The molecule has 0 aliphatic rings. The summed E-state index contributed by atoms with van der Waals surface area (Å²) in [6.07, 6.45) is 0.813. The molecule has 0 bridgehead atoms. The average Bonchev–Trinajstić information content (AvgIpc) is 2.70. The number of benzene rings is 3. The summed E-state index contributed by atoms with van der Waals surface area (Å²) >= 11 is 5.50. The molecule has 0 amide bonds. The molecular weight excluding hydrogens is 380 g/mol. The molecule has 1 heterocycles. The third-order valence-corrected chi connectivity index (χ3v) is 4.92. The van der Waals surface area contributed by atoms with Crippen molar-refractivity contribution in [3.8, 4) is 0 Å². The first kappa shape index (κ1) is 18.9. The zero-order valence-corrected chi connectivity index (χ0v) is 16.8. The maximum atomic E-state index is 11.6. The van der Waals surface area contributed by atoms with Crippen LogP contribution in [0.25, 0.3) is 11.0 Å². The lowest BCUT2D eigenvalue weighted by molar-refractivity contribution is 0.560. The molecule has 5 heteroatoms. The van der Waals surface area contributed by atoms with E-state index in [0.29, 0.717) is 10.7 Å². The summed E-state index contributed by atoms with van der Waals surface area (Å²) in [5, 5.41) is 7.83. The SMILES string of the molecule is Cc1cc(=O)oc2cc(NC(=S)Nc3ccccc3Cc3ccccc3)ccc12. The highest BCUT2D eigenvalue weighted by Gasteiger charge is 2.07. The van der Waals surface area contributed by atoms with Crippen LogP contribution in [-0.4, -0.2) is 5.11 Å². The van der Waals surface area contributed by atoms with Crippen molar-refractivity contribution < 1.29 is 4.42 Å². The van der Waals surface area contributed by atoms with E-state index in [1.54, 1.807) is 6.07 Å². The lowest BCUT2D eigenvalue weighted by atomic mass is 10.0. The summed E-state index contributed by atoms with van der Waals surface area (Å²) in [4.78, 5) is 11.6. The standard InChI is InChI=1S/C24H20N2O2S/c1-16-13-23(27)28-22-15-19(11-12-20(16)22)25-24(29)26-21-10-6-5-9-18(21)14-17-7-3-2-4-8-17/h2-13,15H,14H2,1H3,(H2,25,26,29). The first-order valence-corrected chi connectivity index (χ1v) is 9.74. The van der Waals surface area contributed by atoms with Crippen molar-refractivity contribution >= 4 is 39.7 Å². The third-order valence-electron chi connectivity index (χ3n) is 4.71. The molecule has 0 aliphatic carbocycles. The van der Waals surface area contributed by atoms with Crippen LogP contribution in [0.2, 0.25) is 0 Å². The molecule has 144 valence electrons. The van der Waals surface area contributed by atoms with E-state index in [4.69, 9.17) is 16.6 Å². The van der Waals surface area contributed by atoms with Gasteiger partial charge in [0.25, 0.3) is 0 Å². The topological polar surface area (TPSA) is 54.3 Å². The highest BCUT2D eigenvalue weighted by Crippen LogP contribution is 2.22. The van der Waals surface area contributed by atoms with Crippen molar-refractivity contribution in [3.63, 3.8) is 0 Å². The van der Waals surface area contributed by atoms with E-state index < -0.39 is 0 Å². The Kier molecular flexibility index (Phi) is 5.40. The lowest BCUT2D eigenvalue weighted by Crippen LogP contribution is -2.20. The van der Waals surface area contributed by atoms with Crippen LogP contribution in [0.15, 0.2) is 88.1 Å². The summed E-state index contributed by atoms with van der Waals surface area (Å²) in [5.74, 6) is 0. The first-order chi connectivity index (χ1) is 14.1. The van der Waals surface area contributed by atoms with Gasteiger partial charge in [-0.05, 0) is 60.5 Å². The second-order valence-corrected chi connectivity index (χ2v) is 7.27. The molecule has 3 aromatic carbocycles. The summed E-state index contributed by atoms with van der Waals surface area (Å²) in [6, 6.07) is 25.5. The summed E-state index contributed by atoms with van der Waals surface area (Å²) in [5.41, 5.74) is 5.16. The molecule has 0 fully saturated rings. The number of anilines is 2. The smallest absolute Gasteiger partial charge is 0.336 e. The molecule has 0 unspecified atom stereocenters. The quantitative estimate of drug-likeness (QED) is 0.350. The van der Waals surface area contributed by atoms with E-state index in [1.807, 2.05) is 55.5 Å². The Labute approximate surface area is 174 Å². The van der Waals surface area contributed by atoms with Crippen molar-refractivity contribution in [1.82, 2.24) is 0 Å². The lowest BCUT2D eigenvalue weighted by Gasteiger charge is -2.14. The minimum absolute atomic E-state index is 0.359. The fourth-order valence-electron chi connectivity index (χ4n) is 3.30. The van der Waals surface area contributed by atoms with Crippen molar-refractivity contribution in [2.45, 2.75) is 13.3 Å². The van der Waals surface area contributed by atoms with E-state index in [1.165, 1.54) is 11.6 Å². The Morgan fingerprint density at radius 1 is 0.931 bits per heavy atom. The first-order valence-electron chi connectivity index (χ1n) is 9.33. The van der Waals surface area contributed by atoms with Gasteiger partial charge in [-0.1, -0.05) is 48.5 Å². The largest absolute Gasteiger partial charge is 0.423 e. The summed E-state index contributed by atoms with van der Waals surface area (Å²) in [7, 11) is 0. The van der Waals surface area contributed by atoms with Crippen LogP contribution >= 0.6 is 12.2 Å². The van der Waals surface area contributed by atoms with E-state index >= 15 is 0 Å². The van der Waals surface area contributed by atoms with Crippen LogP contribution in [0, 0.1) is 6.92 Å². The molecule has 4 nitrogen and oxygen atoms in total. The number of rotatable bonds is 4. The Bertz CT molecular complexity index is 1230. The monoisotopic (exact) mass is 400 g/mol. The number of nitrogens with one attached hydrogen (secondary N) is 2. The van der Waals surface area contributed by atoms with E-state index in [9.17, 15) is 4.79 Å². The summed E-state index contributed by atoms with van der Waals surface area (Å²) in [6.45, 7) is 1.89. The zero-order chi connectivity index (χ0) is 20.2. The van der Waals surface area contributed by atoms with Crippen LogP contribution < -0.4 is 16.3 Å². The number of para-hydroxylation sites is 1. The Hall–Kier alpha value is -3.44. The fourth-order valence-corrected chi connectivity index (χ4v) is 3.53.